The van der Waals surface area contributed by atoms with Gasteiger partial charge in [0, 0.05) is 0 Å². The lowest BCUT2D eigenvalue weighted by molar-refractivity contribution is -0.124. The van der Waals surface area contributed by atoms with Crippen LogP contribution in [0.5, 0.6) is 0 Å². The topological polar surface area (TPSA) is 64.4 Å². The number of nitrogens with zero attached hydrogens (tertiary/aromatic N) is 3. The number of amides is 2. The maximum atomic E-state index is 13.1. The molecule has 0 radical (unpaired) electrons. The van der Waals surface area contributed by atoms with Crippen molar-refractivity contribution in [1.82, 2.24) is 9.78 Å². The Bertz CT molecular complexity index is 924. The highest BCUT2D eigenvalue weighted by Gasteiger charge is 2.63. The van der Waals surface area contributed by atoms with E-state index in [0.29, 0.717) is 17.9 Å². The van der Waals surface area contributed by atoms with Gasteiger partial charge < -0.3 is 4.74 Å². The van der Waals surface area contributed by atoms with Crippen molar-refractivity contribution in [3.8, 4) is 0 Å². The fourth-order valence-electron chi connectivity index (χ4n) is 4.86. The molecule has 0 spiro atoms. The van der Waals surface area contributed by atoms with Gasteiger partial charge in [-0.15, -0.1) is 0 Å². The summed E-state index contributed by atoms with van der Waals surface area (Å²) in [6.45, 7) is 4.12. The predicted octanol–water partition coefficient (Wildman–Crippen LogP) is 2.35. The first kappa shape index (κ1) is 16.6. The summed E-state index contributed by atoms with van der Waals surface area (Å²) in [4.78, 5) is 27.4. The zero-order valence-corrected chi connectivity index (χ0v) is 15.2. The van der Waals surface area contributed by atoms with Crippen LogP contribution in [0.25, 0.3) is 0 Å². The molecular weight excluding hydrogens is 349 g/mol. The minimum Gasteiger partial charge on any atom is -0.373 e. The monoisotopic (exact) mass is 369 g/mol. The highest BCUT2D eigenvalue weighted by Crippen LogP contribution is 2.50. The number of hydrogen-bond acceptors (Lipinski definition) is 4. The van der Waals surface area contributed by atoms with Gasteiger partial charge in [0.1, 0.15) is 5.82 Å². The Morgan fingerprint density at radius 3 is 2.26 bits per heavy atom. The lowest BCUT2D eigenvalue weighted by Crippen LogP contribution is -2.35. The van der Waals surface area contributed by atoms with Gasteiger partial charge >= 0.3 is 0 Å². The van der Waals surface area contributed by atoms with E-state index in [4.69, 9.17) is 4.74 Å². The summed E-state index contributed by atoms with van der Waals surface area (Å²) >= 11 is 0. The average Bonchev–Trinajstić information content (AvgIpc) is 3.37. The van der Waals surface area contributed by atoms with Crippen molar-refractivity contribution in [1.29, 1.82) is 0 Å². The summed E-state index contributed by atoms with van der Waals surface area (Å²) in [6, 6.07) is 6.23. The molecule has 3 aliphatic rings. The Morgan fingerprint density at radius 2 is 1.67 bits per heavy atom. The van der Waals surface area contributed by atoms with Crippen molar-refractivity contribution in [3.05, 3.63) is 47.0 Å². The standard InChI is InChI=1S/C20H20FN3O3/c1-10-18(11(2)23(22-10)9-12-3-5-13(21)6-4-12)24-19(25)16-14-7-8-15(27-14)17(16)20(24)26/h3-6,14-17H,7-9H2,1-2H3/t14-,15-,16-,17-/m0/s1. The molecule has 27 heavy (non-hydrogen) atoms. The van der Waals surface area contributed by atoms with Crippen LogP contribution >= 0.6 is 0 Å². The largest absolute Gasteiger partial charge is 0.373 e. The molecule has 3 saturated heterocycles. The maximum Gasteiger partial charge on any atom is 0.240 e. The molecule has 3 fully saturated rings. The number of carbonyl (C=O) groups excluding carboxylic acids is 2. The molecule has 0 N–H and O–H groups in total. The second-order valence-corrected chi connectivity index (χ2v) is 7.66. The summed E-state index contributed by atoms with van der Waals surface area (Å²) in [7, 11) is 0. The third-order valence-electron chi connectivity index (χ3n) is 6.10. The van der Waals surface area contributed by atoms with Gasteiger partial charge in [-0.2, -0.15) is 5.10 Å². The van der Waals surface area contributed by atoms with Crippen LogP contribution in [0.2, 0.25) is 0 Å². The fourth-order valence-corrected chi connectivity index (χ4v) is 4.86. The molecule has 6 nitrogen and oxygen atoms in total. The maximum absolute atomic E-state index is 13.1. The Balaban J connectivity index is 1.49. The van der Waals surface area contributed by atoms with Crippen molar-refractivity contribution >= 4 is 17.5 Å². The molecule has 0 unspecified atom stereocenters. The number of fused-ring (bicyclic) bond motifs is 5. The van der Waals surface area contributed by atoms with Crippen LogP contribution in [0.15, 0.2) is 24.3 Å². The van der Waals surface area contributed by atoms with Gasteiger partial charge in [-0.25, -0.2) is 9.29 Å². The highest BCUT2D eigenvalue weighted by atomic mass is 19.1. The summed E-state index contributed by atoms with van der Waals surface area (Å²) in [5.74, 6) is -1.31. The van der Waals surface area contributed by atoms with E-state index in [0.717, 1.165) is 24.1 Å². The molecule has 4 atom stereocenters. The number of rotatable bonds is 3. The van der Waals surface area contributed by atoms with Crippen LogP contribution < -0.4 is 4.90 Å². The third kappa shape index (κ3) is 2.31. The van der Waals surface area contributed by atoms with Crippen LogP contribution in [0, 0.1) is 31.5 Å². The molecular formula is C20H20FN3O3. The summed E-state index contributed by atoms with van der Waals surface area (Å²) in [5.41, 5.74) is 2.88. The van der Waals surface area contributed by atoms with Crippen LogP contribution in [0.1, 0.15) is 29.8 Å². The predicted molar refractivity (Wildman–Crippen MR) is 94.6 cm³/mol. The molecule has 5 rings (SSSR count). The van der Waals surface area contributed by atoms with Crippen LogP contribution in [0.4, 0.5) is 10.1 Å². The van der Waals surface area contributed by atoms with Gasteiger partial charge in [0.05, 0.1) is 47.7 Å². The average molecular weight is 369 g/mol. The minimum absolute atomic E-state index is 0.128. The van der Waals surface area contributed by atoms with E-state index in [1.807, 2.05) is 13.8 Å². The SMILES string of the molecule is Cc1nn(Cc2ccc(F)cc2)c(C)c1N1C(=O)[C@@H]2[C@@H](C1=O)[C@@H]1CC[C@@H]2O1. The van der Waals surface area contributed by atoms with Crippen molar-refractivity contribution < 1.29 is 18.7 Å². The molecule has 2 aromatic rings. The van der Waals surface area contributed by atoms with E-state index in [1.54, 1.807) is 16.8 Å². The Kier molecular flexibility index (Phi) is 3.53. The Hall–Kier alpha value is -2.54. The number of halogens is 1. The van der Waals surface area contributed by atoms with E-state index in [2.05, 4.69) is 5.10 Å². The van der Waals surface area contributed by atoms with Gasteiger partial charge in [0.25, 0.3) is 0 Å². The van der Waals surface area contributed by atoms with E-state index >= 15 is 0 Å². The molecule has 2 amide bonds. The second kappa shape index (κ2) is 5.73. The molecule has 7 heteroatoms. The van der Waals surface area contributed by atoms with Gasteiger partial charge in [-0.05, 0) is 44.4 Å². The smallest absolute Gasteiger partial charge is 0.240 e. The first-order chi connectivity index (χ1) is 13.0. The number of carbonyl (C=O) groups is 2. The third-order valence-corrected chi connectivity index (χ3v) is 6.10. The Morgan fingerprint density at radius 1 is 1.07 bits per heavy atom. The number of anilines is 1. The zero-order chi connectivity index (χ0) is 18.9. The second-order valence-electron chi connectivity index (χ2n) is 7.66. The Labute approximate surface area is 155 Å². The molecule has 1 aromatic carbocycles. The number of aryl methyl sites for hydroxylation is 1. The van der Waals surface area contributed by atoms with Crippen molar-refractivity contribution in [3.63, 3.8) is 0 Å². The van der Waals surface area contributed by atoms with E-state index in [-0.39, 0.29) is 41.7 Å². The van der Waals surface area contributed by atoms with Gasteiger partial charge in [0.2, 0.25) is 11.8 Å². The molecule has 3 aliphatic heterocycles. The summed E-state index contributed by atoms with van der Waals surface area (Å²) in [5, 5.41) is 4.53. The van der Waals surface area contributed by atoms with Crippen molar-refractivity contribution in [2.24, 2.45) is 11.8 Å². The van der Waals surface area contributed by atoms with Crippen molar-refractivity contribution in [2.45, 2.75) is 45.4 Å². The lowest BCUT2D eigenvalue weighted by atomic mass is 9.81. The zero-order valence-electron chi connectivity index (χ0n) is 15.2. The van der Waals surface area contributed by atoms with E-state index in [1.165, 1.54) is 17.0 Å². The number of imide groups is 1. The van der Waals surface area contributed by atoms with E-state index in [9.17, 15) is 14.0 Å². The van der Waals surface area contributed by atoms with Crippen molar-refractivity contribution in [2.75, 3.05) is 4.90 Å². The molecule has 0 saturated carbocycles. The molecule has 4 heterocycles. The van der Waals surface area contributed by atoms with Gasteiger partial charge in [-0.1, -0.05) is 12.1 Å². The first-order valence-corrected chi connectivity index (χ1v) is 9.27. The normalized spacial score (nSPS) is 29.1. The summed E-state index contributed by atoms with van der Waals surface area (Å²) < 4.78 is 20.7. The molecule has 0 aliphatic carbocycles. The van der Waals surface area contributed by atoms with Crippen LogP contribution in [-0.4, -0.2) is 33.8 Å². The quantitative estimate of drug-likeness (QED) is 0.779. The minimum atomic E-state index is -0.351. The number of aromatic nitrogens is 2. The molecule has 140 valence electrons. The lowest BCUT2D eigenvalue weighted by Gasteiger charge is -2.18. The van der Waals surface area contributed by atoms with E-state index < -0.39 is 0 Å². The highest BCUT2D eigenvalue weighted by molar-refractivity contribution is 6.23. The van der Waals surface area contributed by atoms with Crippen LogP contribution in [-0.2, 0) is 20.9 Å². The fraction of sp³-hybridized carbons (Fsp3) is 0.450. The molecule has 2 bridgehead atoms. The van der Waals surface area contributed by atoms with Gasteiger partial charge in [0.15, 0.2) is 0 Å². The number of ether oxygens (including phenoxy) is 1. The van der Waals surface area contributed by atoms with Gasteiger partial charge in [-0.3, -0.25) is 14.3 Å². The summed E-state index contributed by atoms with van der Waals surface area (Å²) in [6.07, 6.45) is 1.44. The molecule has 1 aromatic heterocycles. The van der Waals surface area contributed by atoms with Crippen LogP contribution in [0.3, 0.4) is 0 Å². The first-order valence-electron chi connectivity index (χ1n) is 9.27. The number of benzene rings is 1. The number of hydrogen-bond donors (Lipinski definition) is 0.